The van der Waals surface area contributed by atoms with Gasteiger partial charge in [-0.2, -0.15) is 0 Å². The Labute approximate surface area is 113 Å². The topological polar surface area (TPSA) is 81.2 Å². The molecule has 1 aliphatic heterocycles. The third-order valence-electron chi connectivity index (χ3n) is 3.04. The number of methoxy groups -OCH3 is 1. The fourth-order valence-corrected chi connectivity index (χ4v) is 3.93. The van der Waals surface area contributed by atoms with Gasteiger partial charge in [0.15, 0.2) is 9.84 Å². The number of anilines is 1. The van der Waals surface area contributed by atoms with Crippen LogP contribution in [0.25, 0.3) is 0 Å². The maximum absolute atomic E-state index is 11.5. The minimum absolute atomic E-state index is 0.0980. The quantitative estimate of drug-likeness (QED) is 0.867. The zero-order chi connectivity index (χ0) is 13.9. The first-order chi connectivity index (χ1) is 9.04. The highest BCUT2D eigenvalue weighted by Gasteiger charge is 2.31. The summed E-state index contributed by atoms with van der Waals surface area (Å²) in [5.41, 5.74) is 0.771. The van der Waals surface area contributed by atoms with Crippen LogP contribution in [0, 0.1) is 0 Å². The number of sulfone groups is 1. The van der Waals surface area contributed by atoms with Gasteiger partial charge in [0.05, 0.1) is 23.8 Å². The van der Waals surface area contributed by atoms with E-state index in [9.17, 15) is 8.42 Å². The van der Waals surface area contributed by atoms with Crippen LogP contribution in [0.15, 0.2) is 6.07 Å². The first kappa shape index (κ1) is 14.2. The first-order valence-electron chi connectivity index (χ1n) is 6.35. The van der Waals surface area contributed by atoms with E-state index in [4.69, 9.17) is 4.74 Å². The van der Waals surface area contributed by atoms with Crippen molar-refractivity contribution < 1.29 is 13.2 Å². The van der Waals surface area contributed by atoms with Gasteiger partial charge in [-0.05, 0) is 13.3 Å². The number of ether oxygens (including phenoxy) is 1. The molecular formula is C12H19N3O3S. The van der Waals surface area contributed by atoms with E-state index in [0.29, 0.717) is 18.9 Å². The van der Waals surface area contributed by atoms with Crippen LogP contribution in [0.3, 0.4) is 0 Å². The average molecular weight is 285 g/mol. The van der Waals surface area contributed by atoms with Crippen LogP contribution in [-0.4, -0.2) is 43.5 Å². The summed E-state index contributed by atoms with van der Waals surface area (Å²) in [4.78, 5) is 8.82. The molecule has 1 aliphatic rings. The molecule has 0 aliphatic carbocycles. The van der Waals surface area contributed by atoms with Gasteiger partial charge < -0.3 is 10.1 Å². The Morgan fingerprint density at radius 1 is 1.47 bits per heavy atom. The van der Waals surface area contributed by atoms with Crippen molar-refractivity contribution in [1.29, 1.82) is 0 Å². The fourth-order valence-electron chi connectivity index (χ4n) is 2.19. The predicted octanol–water partition coefficient (Wildman–Crippen LogP) is 0.957. The van der Waals surface area contributed by atoms with Gasteiger partial charge in [0, 0.05) is 25.6 Å². The lowest BCUT2D eigenvalue weighted by atomic mass is 10.1. The Bertz CT molecular complexity index is 521. The Balaban J connectivity index is 2.28. The van der Waals surface area contributed by atoms with E-state index in [2.05, 4.69) is 15.3 Å². The van der Waals surface area contributed by atoms with Crippen molar-refractivity contribution in [1.82, 2.24) is 9.97 Å². The van der Waals surface area contributed by atoms with Crippen molar-refractivity contribution >= 4 is 15.7 Å². The molecule has 106 valence electrons. The van der Waals surface area contributed by atoms with Gasteiger partial charge in [0.2, 0.25) is 0 Å². The molecule has 0 saturated carbocycles. The van der Waals surface area contributed by atoms with Gasteiger partial charge in [0.25, 0.3) is 0 Å². The van der Waals surface area contributed by atoms with Gasteiger partial charge in [-0.1, -0.05) is 0 Å². The lowest BCUT2D eigenvalue weighted by Gasteiger charge is -2.11. The smallest absolute Gasteiger partial charge is 0.151 e. The molecule has 1 unspecified atom stereocenters. The van der Waals surface area contributed by atoms with Gasteiger partial charge in [0.1, 0.15) is 11.6 Å². The summed E-state index contributed by atoms with van der Waals surface area (Å²) in [6.45, 7) is 3.14. The summed E-state index contributed by atoms with van der Waals surface area (Å²) in [7, 11) is -1.32. The van der Waals surface area contributed by atoms with E-state index in [-0.39, 0.29) is 17.4 Å². The summed E-state index contributed by atoms with van der Waals surface area (Å²) in [6.07, 6.45) is 0.602. The molecule has 1 fully saturated rings. The van der Waals surface area contributed by atoms with E-state index in [1.165, 1.54) is 0 Å². The zero-order valence-electron chi connectivity index (χ0n) is 11.2. The van der Waals surface area contributed by atoms with Gasteiger partial charge in [-0.15, -0.1) is 0 Å². The monoisotopic (exact) mass is 285 g/mol. The van der Waals surface area contributed by atoms with E-state index in [1.54, 1.807) is 7.11 Å². The molecule has 7 heteroatoms. The van der Waals surface area contributed by atoms with Gasteiger partial charge in [-0.25, -0.2) is 18.4 Å². The minimum Gasteiger partial charge on any atom is -0.378 e. The SMILES string of the molecule is CCNc1cc(COC)nc(C2CCS(=O)(=O)C2)n1. The summed E-state index contributed by atoms with van der Waals surface area (Å²) in [5, 5.41) is 3.13. The molecule has 6 nitrogen and oxygen atoms in total. The van der Waals surface area contributed by atoms with E-state index >= 15 is 0 Å². The Morgan fingerprint density at radius 3 is 2.84 bits per heavy atom. The van der Waals surface area contributed by atoms with E-state index < -0.39 is 9.84 Å². The minimum atomic E-state index is -2.93. The maximum atomic E-state index is 11.5. The molecule has 1 atom stereocenters. The summed E-state index contributed by atoms with van der Waals surface area (Å²) in [6, 6.07) is 1.83. The van der Waals surface area contributed by atoms with Crippen molar-refractivity contribution in [2.24, 2.45) is 0 Å². The average Bonchev–Trinajstić information content (AvgIpc) is 2.70. The summed E-state index contributed by atoms with van der Waals surface area (Å²) in [5.74, 6) is 1.61. The van der Waals surface area contributed by atoms with Crippen LogP contribution in [0.5, 0.6) is 0 Å². The molecular weight excluding hydrogens is 266 g/mol. The standard InChI is InChI=1S/C12H19N3O3S/c1-3-13-11-6-10(7-18-2)14-12(15-11)9-4-5-19(16,17)8-9/h6,9H,3-5,7-8H2,1-2H3,(H,13,14,15). The highest BCUT2D eigenvalue weighted by atomic mass is 32.2. The Morgan fingerprint density at radius 2 is 2.26 bits per heavy atom. The molecule has 0 radical (unpaired) electrons. The van der Waals surface area contributed by atoms with Gasteiger partial charge >= 0.3 is 0 Å². The molecule has 19 heavy (non-hydrogen) atoms. The second kappa shape index (κ2) is 5.83. The highest BCUT2D eigenvalue weighted by molar-refractivity contribution is 7.91. The summed E-state index contributed by atoms with van der Waals surface area (Å²) >= 11 is 0. The number of nitrogens with one attached hydrogen (secondary N) is 1. The molecule has 0 amide bonds. The lowest BCUT2D eigenvalue weighted by molar-refractivity contribution is 0.181. The van der Waals surface area contributed by atoms with E-state index in [1.807, 2.05) is 13.0 Å². The third kappa shape index (κ3) is 3.63. The molecule has 0 spiro atoms. The molecule has 1 aromatic heterocycles. The lowest BCUT2D eigenvalue weighted by Crippen LogP contribution is -2.11. The molecule has 2 rings (SSSR count). The molecule has 0 aromatic carbocycles. The molecule has 1 N–H and O–H groups in total. The predicted molar refractivity (Wildman–Crippen MR) is 72.9 cm³/mol. The van der Waals surface area contributed by atoms with Crippen LogP contribution in [0.4, 0.5) is 5.82 Å². The van der Waals surface area contributed by atoms with Crippen LogP contribution >= 0.6 is 0 Å². The maximum Gasteiger partial charge on any atom is 0.151 e. The second-order valence-corrected chi connectivity index (χ2v) is 6.89. The van der Waals surface area contributed by atoms with Crippen LogP contribution in [-0.2, 0) is 21.2 Å². The van der Waals surface area contributed by atoms with Crippen LogP contribution in [0.2, 0.25) is 0 Å². The van der Waals surface area contributed by atoms with Crippen molar-refractivity contribution in [3.63, 3.8) is 0 Å². The zero-order valence-corrected chi connectivity index (χ0v) is 12.0. The van der Waals surface area contributed by atoms with Crippen molar-refractivity contribution in [3.8, 4) is 0 Å². The molecule has 0 bridgehead atoms. The largest absolute Gasteiger partial charge is 0.378 e. The van der Waals surface area contributed by atoms with E-state index in [0.717, 1.165) is 18.1 Å². The van der Waals surface area contributed by atoms with Crippen LogP contribution in [0.1, 0.15) is 30.8 Å². The van der Waals surface area contributed by atoms with Gasteiger partial charge in [-0.3, -0.25) is 0 Å². The fraction of sp³-hybridized carbons (Fsp3) is 0.667. The number of nitrogens with zero attached hydrogens (tertiary/aromatic N) is 2. The molecule has 1 saturated heterocycles. The Hall–Kier alpha value is -1.21. The third-order valence-corrected chi connectivity index (χ3v) is 4.81. The summed E-state index contributed by atoms with van der Waals surface area (Å²) < 4.78 is 28.2. The molecule has 1 aromatic rings. The second-order valence-electron chi connectivity index (χ2n) is 4.67. The number of rotatable bonds is 5. The molecule has 2 heterocycles. The Kier molecular flexibility index (Phi) is 4.36. The highest BCUT2D eigenvalue weighted by Crippen LogP contribution is 2.27. The number of hydrogen-bond donors (Lipinski definition) is 1. The number of aromatic nitrogens is 2. The normalized spacial score (nSPS) is 21.5. The van der Waals surface area contributed by atoms with Crippen LogP contribution < -0.4 is 5.32 Å². The van der Waals surface area contributed by atoms with Crippen molar-refractivity contribution in [3.05, 3.63) is 17.6 Å². The van der Waals surface area contributed by atoms with Crippen molar-refractivity contribution in [2.45, 2.75) is 25.9 Å². The van der Waals surface area contributed by atoms with Crippen molar-refractivity contribution in [2.75, 3.05) is 30.5 Å². The first-order valence-corrected chi connectivity index (χ1v) is 8.17. The number of hydrogen-bond acceptors (Lipinski definition) is 6.